The summed E-state index contributed by atoms with van der Waals surface area (Å²) in [5.41, 5.74) is 1.90. The highest BCUT2D eigenvalue weighted by atomic mass is 19.4. The van der Waals surface area contributed by atoms with E-state index in [4.69, 9.17) is 0 Å². The van der Waals surface area contributed by atoms with Crippen LogP contribution in [0.4, 0.5) is 13.2 Å². The minimum absolute atomic E-state index is 0.411. The molecule has 0 aliphatic carbocycles. The van der Waals surface area contributed by atoms with Gasteiger partial charge in [0.15, 0.2) is 0 Å². The fourth-order valence-corrected chi connectivity index (χ4v) is 3.78. The molecule has 0 amide bonds. The third kappa shape index (κ3) is 5.50. The van der Waals surface area contributed by atoms with Gasteiger partial charge in [-0.2, -0.15) is 13.2 Å². The number of rotatable bonds is 3. The molecule has 2 aromatic rings. The number of hydrogen-bond donors (Lipinski definition) is 2. The Kier molecular flexibility index (Phi) is 7.01. The van der Waals surface area contributed by atoms with Crippen molar-refractivity contribution in [1.82, 2.24) is 10.2 Å². The van der Waals surface area contributed by atoms with Gasteiger partial charge in [0.25, 0.3) is 0 Å². The summed E-state index contributed by atoms with van der Waals surface area (Å²) in [5.74, 6) is 0.411. The SMILES string of the molecule is C=Cc1ccc(C2(O)CNC2)cc1.CN1CCC(c2ccc(C(F)(F)F)cc2)CC1. The van der Waals surface area contributed by atoms with Gasteiger partial charge in [0.2, 0.25) is 0 Å². The zero-order chi connectivity index (χ0) is 21.8. The van der Waals surface area contributed by atoms with Gasteiger partial charge in [0.05, 0.1) is 5.56 Å². The molecule has 30 heavy (non-hydrogen) atoms. The zero-order valence-electron chi connectivity index (χ0n) is 17.3. The van der Waals surface area contributed by atoms with Gasteiger partial charge in [0, 0.05) is 13.1 Å². The Hall–Kier alpha value is -2.15. The fraction of sp³-hybridized carbons (Fsp3) is 0.417. The maximum absolute atomic E-state index is 12.4. The average molecular weight is 419 g/mol. The molecule has 0 atom stereocenters. The summed E-state index contributed by atoms with van der Waals surface area (Å²) in [6, 6.07) is 13.5. The summed E-state index contributed by atoms with van der Waals surface area (Å²) in [7, 11) is 2.07. The number of hydrogen-bond acceptors (Lipinski definition) is 3. The average Bonchev–Trinajstić information content (AvgIpc) is 2.73. The monoisotopic (exact) mass is 418 g/mol. The summed E-state index contributed by atoms with van der Waals surface area (Å²) in [6.07, 6.45) is -0.373. The van der Waals surface area contributed by atoms with E-state index in [0.29, 0.717) is 19.0 Å². The summed E-state index contributed by atoms with van der Waals surface area (Å²) in [4.78, 5) is 2.25. The summed E-state index contributed by atoms with van der Waals surface area (Å²) >= 11 is 0. The van der Waals surface area contributed by atoms with Crippen molar-refractivity contribution in [3.8, 4) is 0 Å². The van der Waals surface area contributed by atoms with E-state index in [-0.39, 0.29) is 0 Å². The first-order valence-corrected chi connectivity index (χ1v) is 10.2. The first-order chi connectivity index (χ1) is 14.2. The van der Waals surface area contributed by atoms with Crippen LogP contribution in [0.25, 0.3) is 6.08 Å². The molecule has 2 saturated heterocycles. The third-order valence-electron chi connectivity index (χ3n) is 5.95. The molecule has 0 radical (unpaired) electrons. The largest absolute Gasteiger partial charge is 0.416 e. The number of nitrogens with one attached hydrogen (secondary N) is 1. The number of nitrogens with zero attached hydrogens (tertiary/aromatic N) is 1. The van der Waals surface area contributed by atoms with Crippen molar-refractivity contribution in [3.63, 3.8) is 0 Å². The Morgan fingerprint density at radius 2 is 1.60 bits per heavy atom. The molecule has 6 heteroatoms. The van der Waals surface area contributed by atoms with E-state index in [9.17, 15) is 18.3 Å². The summed E-state index contributed by atoms with van der Waals surface area (Å²) < 4.78 is 37.2. The molecule has 3 nitrogen and oxygen atoms in total. The summed E-state index contributed by atoms with van der Waals surface area (Å²) in [6.45, 7) is 7.03. The highest BCUT2D eigenvalue weighted by molar-refractivity contribution is 5.48. The highest BCUT2D eigenvalue weighted by Crippen LogP contribution is 2.32. The Morgan fingerprint density at radius 3 is 2.03 bits per heavy atom. The minimum atomic E-state index is -4.23. The maximum Gasteiger partial charge on any atom is 0.416 e. The van der Waals surface area contributed by atoms with Crippen LogP contribution >= 0.6 is 0 Å². The molecule has 4 rings (SSSR count). The van der Waals surface area contributed by atoms with Gasteiger partial charge in [-0.05, 0) is 67.7 Å². The van der Waals surface area contributed by atoms with Crippen molar-refractivity contribution < 1.29 is 18.3 Å². The molecule has 2 aliphatic heterocycles. The van der Waals surface area contributed by atoms with Crippen LogP contribution in [-0.2, 0) is 11.8 Å². The van der Waals surface area contributed by atoms with Crippen molar-refractivity contribution in [3.05, 3.63) is 77.4 Å². The van der Waals surface area contributed by atoms with Crippen molar-refractivity contribution in [2.24, 2.45) is 0 Å². The molecule has 2 fully saturated rings. The summed E-state index contributed by atoms with van der Waals surface area (Å²) in [5, 5.41) is 13.0. The standard InChI is InChI=1S/C13H16F3N.C11H13NO/c1-17-8-6-11(7-9-17)10-2-4-12(5-3-10)13(14,15)16;1-2-9-3-5-10(6-4-9)11(13)7-12-8-11/h2-5,11H,6-9H2,1H3;2-6,12-13H,1,7-8H2. The molecule has 2 heterocycles. The second-order valence-corrected chi connectivity index (χ2v) is 8.16. The zero-order valence-corrected chi connectivity index (χ0v) is 17.3. The van der Waals surface area contributed by atoms with Gasteiger partial charge in [-0.25, -0.2) is 0 Å². The highest BCUT2D eigenvalue weighted by Gasteiger charge is 2.35. The van der Waals surface area contributed by atoms with Crippen LogP contribution in [0.3, 0.4) is 0 Å². The topological polar surface area (TPSA) is 35.5 Å². The van der Waals surface area contributed by atoms with Crippen LogP contribution < -0.4 is 5.32 Å². The van der Waals surface area contributed by atoms with Gasteiger partial charge < -0.3 is 15.3 Å². The normalized spacial score (nSPS) is 19.4. The van der Waals surface area contributed by atoms with E-state index in [2.05, 4.69) is 23.8 Å². The number of aliphatic hydroxyl groups is 1. The quantitative estimate of drug-likeness (QED) is 0.763. The second-order valence-electron chi connectivity index (χ2n) is 8.16. The number of alkyl halides is 3. The molecule has 2 aliphatic rings. The second kappa shape index (κ2) is 9.33. The van der Waals surface area contributed by atoms with Crippen LogP contribution in [0, 0.1) is 0 Å². The van der Waals surface area contributed by atoms with Gasteiger partial charge in [-0.3, -0.25) is 0 Å². The number of benzene rings is 2. The first-order valence-electron chi connectivity index (χ1n) is 10.2. The van der Waals surface area contributed by atoms with Gasteiger partial charge in [-0.1, -0.05) is 49.1 Å². The number of piperidine rings is 1. The number of β-amino-alcohol motifs (C(OH)–C–C–N with tert-alkyl or cyclic N) is 1. The number of likely N-dealkylation sites (tertiary alicyclic amines) is 1. The lowest BCUT2D eigenvalue weighted by molar-refractivity contribution is -0.137. The Morgan fingerprint density at radius 1 is 1.03 bits per heavy atom. The lowest BCUT2D eigenvalue weighted by atomic mass is 9.88. The third-order valence-corrected chi connectivity index (χ3v) is 5.95. The van der Waals surface area contributed by atoms with Crippen LogP contribution in [0.2, 0.25) is 0 Å². The first kappa shape index (κ1) is 22.5. The molecule has 0 aromatic heterocycles. The number of halogens is 3. The van der Waals surface area contributed by atoms with Crippen LogP contribution in [-0.4, -0.2) is 43.2 Å². The smallest absolute Gasteiger partial charge is 0.382 e. The van der Waals surface area contributed by atoms with Crippen molar-refractivity contribution in [2.75, 3.05) is 33.2 Å². The Labute approximate surface area is 176 Å². The Balaban J connectivity index is 0.000000177. The molecule has 0 spiro atoms. The molecule has 2 N–H and O–H groups in total. The van der Waals surface area contributed by atoms with Crippen molar-refractivity contribution in [1.29, 1.82) is 0 Å². The predicted octanol–water partition coefficient (Wildman–Crippen LogP) is 4.64. The van der Waals surface area contributed by atoms with Crippen molar-refractivity contribution >= 4 is 6.08 Å². The maximum atomic E-state index is 12.4. The molecule has 0 bridgehead atoms. The fourth-order valence-electron chi connectivity index (χ4n) is 3.78. The predicted molar refractivity (Wildman–Crippen MR) is 114 cm³/mol. The molecular formula is C24H29F3N2O. The Bertz CT molecular complexity index is 819. The lowest BCUT2D eigenvalue weighted by Gasteiger charge is -2.38. The van der Waals surface area contributed by atoms with E-state index in [1.165, 1.54) is 12.1 Å². The van der Waals surface area contributed by atoms with Crippen LogP contribution in [0.5, 0.6) is 0 Å². The van der Waals surface area contributed by atoms with E-state index in [1.54, 1.807) is 18.2 Å². The van der Waals surface area contributed by atoms with E-state index in [0.717, 1.165) is 42.6 Å². The lowest BCUT2D eigenvalue weighted by Crippen LogP contribution is -2.56. The van der Waals surface area contributed by atoms with E-state index in [1.807, 2.05) is 24.3 Å². The molecule has 0 saturated carbocycles. The van der Waals surface area contributed by atoms with Gasteiger partial charge in [0.1, 0.15) is 5.60 Å². The van der Waals surface area contributed by atoms with Gasteiger partial charge >= 0.3 is 6.18 Å². The minimum Gasteiger partial charge on any atom is -0.382 e. The molecule has 2 aromatic carbocycles. The van der Waals surface area contributed by atoms with Crippen LogP contribution in [0.1, 0.15) is 41.0 Å². The molecule has 0 unspecified atom stereocenters. The van der Waals surface area contributed by atoms with E-state index >= 15 is 0 Å². The molecular weight excluding hydrogens is 389 g/mol. The van der Waals surface area contributed by atoms with Gasteiger partial charge in [-0.15, -0.1) is 0 Å². The van der Waals surface area contributed by atoms with Crippen LogP contribution in [0.15, 0.2) is 55.1 Å². The molecule has 162 valence electrons. The van der Waals surface area contributed by atoms with E-state index < -0.39 is 17.3 Å². The van der Waals surface area contributed by atoms with Crippen molar-refractivity contribution in [2.45, 2.75) is 30.5 Å².